The average Bonchev–Trinajstić information content (AvgIpc) is 2.51. The normalized spacial score (nSPS) is 11.3. The van der Waals surface area contributed by atoms with Gasteiger partial charge < -0.3 is 14.3 Å². The van der Waals surface area contributed by atoms with E-state index in [1.54, 1.807) is 25.1 Å². The summed E-state index contributed by atoms with van der Waals surface area (Å²) in [7, 11) is 0. The number of hydrogen-bond donors (Lipinski definition) is 2. The molecule has 0 atom stereocenters. The maximum atomic E-state index is 11.8. The fraction of sp³-hybridized carbons (Fsp3) is 0.235. The van der Waals surface area contributed by atoms with Gasteiger partial charge in [0.15, 0.2) is 6.61 Å². The zero-order chi connectivity index (χ0) is 18.6. The number of nitrogens with zero attached hydrogens (tertiary/aromatic N) is 1. The molecule has 0 spiro atoms. The molecule has 2 N–H and O–H groups in total. The molecule has 1 amide bonds. The number of rotatable bonds is 5. The van der Waals surface area contributed by atoms with Crippen LogP contribution in [0.25, 0.3) is 0 Å². The van der Waals surface area contributed by atoms with Gasteiger partial charge in [0.05, 0.1) is 5.71 Å². The maximum Gasteiger partial charge on any atom is 0.348 e. The van der Waals surface area contributed by atoms with Crippen molar-refractivity contribution in [2.45, 2.75) is 20.8 Å². The largest absolute Gasteiger partial charge is 0.507 e. The second-order valence-corrected chi connectivity index (χ2v) is 5.77. The third-order valence-electron chi connectivity index (χ3n) is 3.26. The van der Waals surface area contributed by atoms with Gasteiger partial charge in [0.2, 0.25) is 0 Å². The van der Waals surface area contributed by atoms with Gasteiger partial charge in [0, 0.05) is 11.1 Å². The van der Waals surface area contributed by atoms with E-state index in [4.69, 9.17) is 20.8 Å². The van der Waals surface area contributed by atoms with E-state index in [-0.39, 0.29) is 29.4 Å². The molecule has 0 aliphatic carbocycles. The molecule has 0 fully saturated rings. The van der Waals surface area contributed by atoms with Crippen LogP contribution in [0.3, 0.4) is 0 Å². The van der Waals surface area contributed by atoms with Crippen LogP contribution in [0.5, 0.6) is 11.5 Å². The van der Waals surface area contributed by atoms with Crippen LogP contribution in [0.4, 0.5) is 0 Å². The molecule has 7 nitrogen and oxygen atoms in total. The van der Waals surface area contributed by atoms with Crippen LogP contribution in [-0.4, -0.2) is 23.3 Å². The monoisotopic (exact) mass is 364 g/mol. The first kappa shape index (κ1) is 18.5. The van der Waals surface area contributed by atoms with E-state index in [0.717, 1.165) is 5.56 Å². The van der Waals surface area contributed by atoms with E-state index in [1.165, 1.54) is 19.9 Å². The van der Waals surface area contributed by atoms with E-state index in [0.29, 0.717) is 10.8 Å². The molecule has 2 rings (SSSR count). The summed E-state index contributed by atoms with van der Waals surface area (Å²) in [6.07, 6.45) is 0. The highest BCUT2D eigenvalue weighted by molar-refractivity contribution is 6.30. The van der Waals surface area contributed by atoms with E-state index >= 15 is 0 Å². The summed E-state index contributed by atoms with van der Waals surface area (Å²) in [5.74, 6) is 0.00821. The fourth-order valence-electron chi connectivity index (χ4n) is 2.08. The Hall–Kier alpha value is -2.80. The number of hydrazone groups is 1. The smallest absolute Gasteiger partial charge is 0.348 e. The number of ether oxygens (including phenoxy) is 1. The molecule has 8 heteroatoms. The maximum absolute atomic E-state index is 11.8. The summed E-state index contributed by atoms with van der Waals surface area (Å²) in [5, 5.41) is 14.2. The van der Waals surface area contributed by atoms with E-state index in [1.807, 2.05) is 0 Å². The zero-order valence-electron chi connectivity index (χ0n) is 13.9. The van der Waals surface area contributed by atoms with Crippen molar-refractivity contribution in [3.8, 4) is 11.5 Å². The molecule has 0 radical (unpaired) electrons. The SMILES string of the molecule is C/C(=N\NC(=O)COc1ccc(Cl)cc1C)c1c(O)cc(C)oc1=O. The zero-order valence-corrected chi connectivity index (χ0v) is 14.7. The Morgan fingerprint density at radius 1 is 1.36 bits per heavy atom. The summed E-state index contributed by atoms with van der Waals surface area (Å²) in [6, 6.07) is 6.33. The molecule has 1 heterocycles. The Kier molecular flexibility index (Phi) is 5.82. The lowest BCUT2D eigenvalue weighted by molar-refractivity contribution is -0.123. The molecule has 132 valence electrons. The number of carbonyl (C=O) groups is 1. The van der Waals surface area contributed by atoms with E-state index < -0.39 is 11.5 Å². The van der Waals surface area contributed by atoms with Crippen molar-refractivity contribution in [3.63, 3.8) is 0 Å². The van der Waals surface area contributed by atoms with Crippen LogP contribution in [0.15, 0.2) is 38.6 Å². The summed E-state index contributed by atoms with van der Waals surface area (Å²) >= 11 is 5.85. The molecule has 0 bridgehead atoms. The third-order valence-corrected chi connectivity index (χ3v) is 3.49. The molecule has 0 saturated heterocycles. The number of amides is 1. The Balaban J connectivity index is 2.01. The predicted octanol–water partition coefficient (Wildman–Crippen LogP) is 2.53. The van der Waals surface area contributed by atoms with Gasteiger partial charge in [0.25, 0.3) is 5.91 Å². The Labute approximate surface area is 148 Å². The minimum Gasteiger partial charge on any atom is -0.507 e. The summed E-state index contributed by atoms with van der Waals surface area (Å²) < 4.78 is 10.3. The third kappa shape index (κ3) is 4.84. The first-order chi connectivity index (χ1) is 11.8. The van der Waals surface area contributed by atoms with Crippen molar-refractivity contribution in [1.82, 2.24) is 5.43 Å². The molecule has 0 unspecified atom stereocenters. The molecular formula is C17H17ClN2O5. The van der Waals surface area contributed by atoms with Gasteiger partial charge in [-0.1, -0.05) is 11.6 Å². The van der Waals surface area contributed by atoms with Gasteiger partial charge in [-0.2, -0.15) is 5.10 Å². The van der Waals surface area contributed by atoms with Crippen molar-refractivity contribution < 1.29 is 19.1 Å². The van der Waals surface area contributed by atoms with Crippen LogP contribution < -0.4 is 15.8 Å². The molecule has 25 heavy (non-hydrogen) atoms. The van der Waals surface area contributed by atoms with Crippen molar-refractivity contribution in [2.24, 2.45) is 5.10 Å². The van der Waals surface area contributed by atoms with Crippen LogP contribution >= 0.6 is 11.6 Å². The van der Waals surface area contributed by atoms with Crippen molar-refractivity contribution in [1.29, 1.82) is 0 Å². The lowest BCUT2D eigenvalue weighted by atomic mass is 10.2. The Morgan fingerprint density at radius 3 is 2.72 bits per heavy atom. The highest BCUT2D eigenvalue weighted by Gasteiger charge is 2.13. The molecule has 0 saturated carbocycles. The molecule has 2 aromatic rings. The standard InChI is InChI=1S/C17H17ClN2O5/c1-9-6-12(18)4-5-14(9)24-8-15(22)20-19-11(3)16-13(21)7-10(2)25-17(16)23/h4-7,21H,8H2,1-3H3,(H,20,22)/b19-11+. The second kappa shape index (κ2) is 7.85. The lowest BCUT2D eigenvalue weighted by Gasteiger charge is -2.08. The van der Waals surface area contributed by atoms with Crippen LogP contribution in [0, 0.1) is 13.8 Å². The van der Waals surface area contributed by atoms with Crippen molar-refractivity contribution >= 4 is 23.2 Å². The second-order valence-electron chi connectivity index (χ2n) is 5.34. The summed E-state index contributed by atoms with van der Waals surface area (Å²) in [6.45, 7) is 4.54. The quantitative estimate of drug-likeness (QED) is 0.627. The number of hydrogen-bond acceptors (Lipinski definition) is 6. The van der Waals surface area contributed by atoms with Gasteiger partial charge >= 0.3 is 5.63 Å². The number of nitrogens with one attached hydrogen (secondary N) is 1. The topological polar surface area (TPSA) is 101 Å². The van der Waals surface area contributed by atoms with Crippen LogP contribution in [0.1, 0.15) is 23.8 Å². The first-order valence-corrected chi connectivity index (χ1v) is 7.72. The number of benzene rings is 1. The molecule has 0 aliphatic rings. The highest BCUT2D eigenvalue weighted by Crippen LogP contribution is 2.21. The van der Waals surface area contributed by atoms with Gasteiger partial charge in [-0.25, -0.2) is 10.2 Å². The summed E-state index contributed by atoms with van der Waals surface area (Å²) in [5.41, 5.74) is 2.32. The van der Waals surface area contributed by atoms with E-state index in [9.17, 15) is 14.7 Å². The van der Waals surface area contributed by atoms with Crippen LogP contribution in [0.2, 0.25) is 5.02 Å². The number of carbonyl (C=O) groups excluding carboxylic acids is 1. The molecule has 0 aliphatic heterocycles. The van der Waals surface area contributed by atoms with Crippen molar-refractivity contribution in [2.75, 3.05) is 6.61 Å². The lowest BCUT2D eigenvalue weighted by Crippen LogP contribution is -2.26. The predicted molar refractivity (Wildman–Crippen MR) is 93.4 cm³/mol. The average molecular weight is 365 g/mol. The fourth-order valence-corrected chi connectivity index (χ4v) is 2.31. The minimum atomic E-state index is -0.735. The Morgan fingerprint density at radius 2 is 2.08 bits per heavy atom. The first-order valence-electron chi connectivity index (χ1n) is 7.34. The van der Waals surface area contributed by atoms with Crippen LogP contribution in [-0.2, 0) is 4.79 Å². The molecule has 1 aromatic carbocycles. The number of halogens is 1. The number of aryl methyl sites for hydroxylation is 2. The molecule has 1 aromatic heterocycles. The van der Waals surface area contributed by atoms with Crippen molar-refractivity contribution in [3.05, 3.63) is 56.6 Å². The number of aromatic hydroxyl groups is 1. The highest BCUT2D eigenvalue weighted by atomic mass is 35.5. The molecular weight excluding hydrogens is 348 g/mol. The van der Waals surface area contributed by atoms with Gasteiger partial charge in [-0.15, -0.1) is 0 Å². The van der Waals surface area contributed by atoms with E-state index in [2.05, 4.69) is 10.5 Å². The van der Waals surface area contributed by atoms with Gasteiger partial charge in [-0.05, 0) is 44.5 Å². The van der Waals surface area contributed by atoms with Gasteiger partial charge in [0.1, 0.15) is 22.8 Å². The summed E-state index contributed by atoms with van der Waals surface area (Å²) in [4.78, 5) is 23.6. The Bertz CT molecular complexity index is 889. The minimum absolute atomic E-state index is 0.111. The van der Waals surface area contributed by atoms with Gasteiger partial charge in [-0.3, -0.25) is 4.79 Å².